The molecule has 0 aromatic carbocycles. The maximum Gasteiger partial charge on any atom is 0.0373 e. The standard InChI is InChI=1S/C16H26N2/c1-12(2)9-17-11-16(13(3)4)8-15-7-6-14(5)18-10-15/h6-8,10,12-13,17H,9,11H2,1-5H3/b16-8-. The summed E-state index contributed by atoms with van der Waals surface area (Å²) in [5.41, 5.74) is 3.69. The van der Waals surface area contributed by atoms with Gasteiger partial charge in [-0.1, -0.05) is 45.4 Å². The number of hydrogen-bond acceptors (Lipinski definition) is 2. The number of hydrogen-bond donors (Lipinski definition) is 1. The Balaban J connectivity index is 2.68. The van der Waals surface area contributed by atoms with Gasteiger partial charge in [-0.05, 0) is 36.9 Å². The van der Waals surface area contributed by atoms with Gasteiger partial charge in [0.1, 0.15) is 0 Å². The molecule has 0 aliphatic rings. The van der Waals surface area contributed by atoms with Gasteiger partial charge in [-0.3, -0.25) is 4.98 Å². The first-order valence-electron chi connectivity index (χ1n) is 6.83. The fourth-order valence-corrected chi connectivity index (χ4v) is 1.71. The average molecular weight is 246 g/mol. The van der Waals surface area contributed by atoms with Crippen LogP contribution in [0.25, 0.3) is 6.08 Å². The average Bonchev–Trinajstić information content (AvgIpc) is 2.30. The van der Waals surface area contributed by atoms with E-state index in [0.29, 0.717) is 11.8 Å². The first-order chi connectivity index (χ1) is 8.49. The minimum absolute atomic E-state index is 0.561. The van der Waals surface area contributed by atoms with Crippen LogP contribution in [0.3, 0.4) is 0 Å². The Morgan fingerprint density at radius 3 is 2.50 bits per heavy atom. The van der Waals surface area contributed by atoms with Crippen molar-refractivity contribution in [3.63, 3.8) is 0 Å². The van der Waals surface area contributed by atoms with E-state index < -0.39 is 0 Å². The second-order valence-electron chi connectivity index (χ2n) is 5.63. The van der Waals surface area contributed by atoms with Crippen molar-refractivity contribution in [1.29, 1.82) is 0 Å². The highest BCUT2D eigenvalue weighted by molar-refractivity contribution is 5.52. The first-order valence-corrected chi connectivity index (χ1v) is 6.83. The molecular formula is C16H26N2. The van der Waals surface area contributed by atoms with Gasteiger partial charge in [0.05, 0.1) is 0 Å². The summed E-state index contributed by atoms with van der Waals surface area (Å²) in [5, 5.41) is 3.51. The van der Waals surface area contributed by atoms with Crippen LogP contribution in [0.4, 0.5) is 0 Å². The summed E-state index contributed by atoms with van der Waals surface area (Å²) in [5.74, 6) is 1.26. The van der Waals surface area contributed by atoms with Gasteiger partial charge in [0.15, 0.2) is 0 Å². The number of nitrogens with one attached hydrogen (secondary N) is 1. The second kappa shape index (κ2) is 7.32. The van der Waals surface area contributed by atoms with Crippen molar-refractivity contribution >= 4 is 6.08 Å². The predicted molar refractivity (Wildman–Crippen MR) is 79.5 cm³/mol. The third-order valence-electron chi connectivity index (χ3n) is 2.91. The summed E-state index contributed by atoms with van der Waals surface area (Å²) < 4.78 is 0. The van der Waals surface area contributed by atoms with Gasteiger partial charge in [0, 0.05) is 18.4 Å². The lowest BCUT2D eigenvalue weighted by Gasteiger charge is -2.14. The van der Waals surface area contributed by atoms with Crippen molar-refractivity contribution in [2.45, 2.75) is 34.6 Å². The maximum atomic E-state index is 4.34. The molecule has 0 spiro atoms. The molecule has 100 valence electrons. The van der Waals surface area contributed by atoms with Crippen LogP contribution in [-0.2, 0) is 0 Å². The molecule has 2 heteroatoms. The number of aromatic nitrogens is 1. The van der Waals surface area contributed by atoms with Crippen molar-refractivity contribution in [3.05, 3.63) is 35.2 Å². The largest absolute Gasteiger partial charge is 0.313 e. The normalized spacial score (nSPS) is 12.5. The molecule has 1 aromatic rings. The fourth-order valence-electron chi connectivity index (χ4n) is 1.71. The Bertz CT molecular complexity index is 375. The van der Waals surface area contributed by atoms with Crippen molar-refractivity contribution < 1.29 is 0 Å². The van der Waals surface area contributed by atoms with Gasteiger partial charge in [-0.2, -0.15) is 0 Å². The SMILES string of the molecule is Cc1ccc(/C=C(/CNCC(C)C)C(C)C)cn1. The molecule has 1 rings (SSSR count). The van der Waals surface area contributed by atoms with E-state index in [1.54, 1.807) is 0 Å². The van der Waals surface area contributed by atoms with Gasteiger partial charge in [0.2, 0.25) is 0 Å². The third-order valence-corrected chi connectivity index (χ3v) is 2.91. The van der Waals surface area contributed by atoms with E-state index in [9.17, 15) is 0 Å². The highest BCUT2D eigenvalue weighted by Crippen LogP contribution is 2.14. The Hall–Kier alpha value is -1.15. The molecule has 0 fully saturated rings. The van der Waals surface area contributed by atoms with Crippen molar-refractivity contribution in [2.24, 2.45) is 11.8 Å². The zero-order valence-corrected chi connectivity index (χ0v) is 12.3. The Kier molecular flexibility index (Phi) is 6.06. The molecule has 0 amide bonds. The van der Waals surface area contributed by atoms with Gasteiger partial charge >= 0.3 is 0 Å². The molecule has 0 saturated heterocycles. The topological polar surface area (TPSA) is 24.9 Å². The van der Waals surface area contributed by atoms with Crippen LogP contribution in [0.1, 0.15) is 39.0 Å². The summed E-state index contributed by atoms with van der Waals surface area (Å²) in [6.07, 6.45) is 4.20. The van der Waals surface area contributed by atoms with E-state index in [-0.39, 0.29) is 0 Å². The van der Waals surface area contributed by atoms with Crippen LogP contribution in [-0.4, -0.2) is 18.1 Å². The molecule has 0 atom stereocenters. The van der Waals surface area contributed by atoms with Crippen molar-refractivity contribution in [3.8, 4) is 0 Å². The summed E-state index contributed by atoms with van der Waals surface area (Å²) in [4.78, 5) is 4.34. The van der Waals surface area contributed by atoms with Crippen LogP contribution in [0.15, 0.2) is 23.9 Å². The van der Waals surface area contributed by atoms with E-state index in [0.717, 1.165) is 18.8 Å². The highest BCUT2D eigenvalue weighted by Gasteiger charge is 2.04. The molecule has 0 aliphatic carbocycles. The lowest BCUT2D eigenvalue weighted by atomic mass is 10.0. The summed E-state index contributed by atoms with van der Waals surface area (Å²) in [7, 11) is 0. The molecule has 1 N–H and O–H groups in total. The molecule has 0 saturated carbocycles. The van der Waals surface area contributed by atoms with Crippen LogP contribution in [0, 0.1) is 18.8 Å². The molecule has 0 bridgehead atoms. The Labute approximate surface area is 112 Å². The van der Waals surface area contributed by atoms with Crippen molar-refractivity contribution in [2.75, 3.05) is 13.1 Å². The fraction of sp³-hybridized carbons (Fsp3) is 0.562. The van der Waals surface area contributed by atoms with E-state index in [1.807, 2.05) is 13.1 Å². The lowest BCUT2D eigenvalue weighted by molar-refractivity contribution is 0.558. The van der Waals surface area contributed by atoms with E-state index >= 15 is 0 Å². The van der Waals surface area contributed by atoms with Crippen LogP contribution in [0.5, 0.6) is 0 Å². The summed E-state index contributed by atoms with van der Waals surface area (Å²) in [6, 6.07) is 4.19. The maximum absolute atomic E-state index is 4.34. The van der Waals surface area contributed by atoms with Gasteiger partial charge < -0.3 is 5.32 Å². The molecule has 0 aliphatic heterocycles. The smallest absolute Gasteiger partial charge is 0.0373 e. The lowest BCUT2D eigenvalue weighted by Crippen LogP contribution is -2.23. The zero-order valence-electron chi connectivity index (χ0n) is 12.3. The molecular weight excluding hydrogens is 220 g/mol. The molecule has 1 heterocycles. The van der Waals surface area contributed by atoms with Gasteiger partial charge in [-0.15, -0.1) is 0 Å². The molecule has 2 nitrogen and oxygen atoms in total. The molecule has 18 heavy (non-hydrogen) atoms. The van der Waals surface area contributed by atoms with Crippen LogP contribution < -0.4 is 5.32 Å². The minimum Gasteiger partial charge on any atom is -0.313 e. The van der Waals surface area contributed by atoms with E-state index in [1.165, 1.54) is 11.1 Å². The molecule has 1 aromatic heterocycles. The first kappa shape index (κ1) is 14.9. The number of aryl methyl sites for hydroxylation is 1. The zero-order chi connectivity index (χ0) is 13.5. The van der Waals surface area contributed by atoms with E-state index in [4.69, 9.17) is 0 Å². The van der Waals surface area contributed by atoms with Crippen molar-refractivity contribution in [1.82, 2.24) is 10.3 Å². The molecule has 0 radical (unpaired) electrons. The quantitative estimate of drug-likeness (QED) is 0.828. The summed E-state index contributed by atoms with van der Waals surface area (Å²) >= 11 is 0. The van der Waals surface area contributed by atoms with E-state index in [2.05, 4.69) is 56.2 Å². The van der Waals surface area contributed by atoms with Crippen LogP contribution >= 0.6 is 0 Å². The molecule has 0 unspecified atom stereocenters. The van der Waals surface area contributed by atoms with Crippen LogP contribution in [0.2, 0.25) is 0 Å². The predicted octanol–water partition coefficient (Wildman–Crippen LogP) is 3.68. The Morgan fingerprint density at radius 2 is 2.00 bits per heavy atom. The second-order valence-corrected chi connectivity index (χ2v) is 5.63. The van der Waals surface area contributed by atoms with Gasteiger partial charge in [0.25, 0.3) is 0 Å². The number of pyridine rings is 1. The third kappa shape index (κ3) is 5.46. The monoisotopic (exact) mass is 246 g/mol. The van der Waals surface area contributed by atoms with Gasteiger partial charge in [-0.25, -0.2) is 0 Å². The minimum atomic E-state index is 0.561. The summed E-state index contributed by atoms with van der Waals surface area (Å²) in [6.45, 7) is 13.0. The Morgan fingerprint density at radius 1 is 1.28 bits per heavy atom. The number of rotatable bonds is 6. The highest BCUT2D eigenvalue weighted by atomic mass is 14.9. The number of nitrogens with zero attached hydrogens (tertiary/aromatic N) is 1.